The quantitative estimate of drug-likeness (QED) is 0.718. The van der Waals surface area contributed by atoms with E-state index in [9.17, 15) is 4.79 Å². The van der Waals surface area contributed by atoms with Gasteiger partial charge >= 0.3 is 0 Å². The van der Waals surface area contributed by atoms with Gasteiger partial charge in [0, 0.05) is 38.8 Å². The Kier molecular flexibility index (Phi) is 7.19. The summed E-state index contributed by atoms with van der Waals surface area (Å²) >= 11 is 0. The van der Waals surface area contributed by atoms with Crippen LogP contribution in [-0.2, 0) is 16.1 Å². The van der Waals surface area contributed by atoms with E-state index in [2.05, 4.69) is 10.6 Å². The summed E-state index contributed by atoms with van der Waals surface area (Å²) in [7, 11) is 1.68. The summed E-state index contributed by atoms with van der Waals surface area (Å²) in [6, 6.07) is 7.84. The number of rotatable bonds is 8. The highest BCUT2D eigenvalue weighted by atomic mass is 16.5. The van der Waals surface area contributed by atoms with Gasteiger partial charge in [-0.3, -0.25) is 4.79 Å². The minimum Gasteiger partial charge on any atom is -0.493 e. The molecule has 22 heavy (non-hydrogen) atoms. The van der Waals surface area contributed by atoms with Gasteiger partial charge in [0.05, 0.1) is 12.5 Å². The average molecular weight is 306 g/mol. The molecule has 1 heterocycles. The molecule has 1 unspecified atom stereocenters. The largest absolute Gasteiger partial charge is 0.493 e. The lowest BCUT2D eigenvalue weighted by atomic mass is 9.99. The number of hydrogen-bond donors (Lipinski definition) is 2. The number of ether oxygens (including phenoxy) is 2. The Morgan fingerprint density at radius 2 is 2.23 bits per heavy atom. The summed E-state index contributed by atoms with van der Waals surface area (Å²) in [5.41, 5.74) is 1.01. The Morgan fingerprint density at radius 3 is 3.00 bits per heavy atom. The normalized spacial score (nSPS) is 18.0. The van der Waals surface area contributed by atoms with Crippen LogP contribution >= 0.6 is 0 Å². The fraction of sp³-hybridized carbons (Fsp3) is 0.588. The van der Waals surface area contributed by atoms with Crippen LogP contribution in [-0.4, -0.2) is 39.3 Å². The Bertz CT molecular complexity index is 459. The van der Waals surface area contributed by atoms with Crippen molar-refractivity contribution in [3.05, 3.63) is 29.8 Å². The molecule has 0 aliphatic carbocycles. The fourth-order valence-electron chi connectivity index (χ4n) is 2.58. The van der Waals surface area contributed by atoms with Gasteiger partial charge in [0.25, 0.3) is 0 Å². The molecule has 0 radical (unpaired) electrons. The number of amides is 1. The van der Waals surface area contributed by atoms with Crippen molar-refractivity contribution < 1.29 is 14.3 Å². The van der Waals surface area contributed by atoms with Crippen molar-refractivity contribution in [2.24, 2.45) is 5.92 Å². The van der Waals surface area contributed by atoms with Crippen LogP contribution in [0.15, 0.2) is 24.3 Å². The fourth-order valence-corrected chi connectivity index (χ4v) is 2.58. The van der Waals surface area contributed by atoms with Gasteiger partial charge in [-0.1, -0.05) is 18.2 Å². The SMILES string of the molecule is COCCCOc1ccccc1CNC(=O)C1CCCNC1. The van der Waals surface area contributed by atoms with Crippen molar-refractivity contribution >= 4 is 5.91 Å². The minimum atomic E-state index is 0.0866. The van der Waals surface area contributed by atoms with E-state index in [4.69, 9.17) is 9.47 Å². The molecular weight excluding hydrogens is 280 g/mol. The molecule has 5 heteroatoms. The van der Waals surface area contributed by atoms with Crippen LogP contribution in [0.4, 0.5) is 0 Å². The number of para-hydroxylation sites is 1. The molecule has 1 saturated heterocycles. The van der Waals surface area contributed by atoms with E-state index >= 15 is 0 Å². The molecule has 1 atom stereocenters. The van der Waals surface area contributed by atoms with E-state index in [1.54, 1.807) is 7.11 Å². The smallest absolute Gasteiger partial charge is 0.224 e. The van der Waals surface area contributed by atoms with Crippen molar-refractivity contribution in [2.75, 3.05) is 33.4 Å². The van der Waals surface area contributed by atoms with Gasteiger partial charge in [0.1, 0.15) is 5.75 Å². The predicted molar refractivity (Wildman–Crippen MR) is 85.9 cm³/mol. The summed E-state index contributed by atoms with van der Waals surface area (Å²) in [4.78, 5) is 12.2. The third-order valence-electron chi connectivity index (χ3n) is 3.84. The van der Waals surface area contributed by atoms with Crippen molar-refractivity contribution in [1.82, 2.24) is 10.6 Å². The molecule has 0 aromatic heterocycles. The highest BCUT2D eigenvalue weighted by Crippen LogP contribution is 2.18. The zero-order chi connectivity index (χ0) is 15.6. The number of benzene rings is 1. The van der Waals surface area contributed by atoms with E-state index in [0.717, 1.165) is 43.7 Å². The molecular formula is C17H26N2O3. The first-order chi connectivity index (χ1) is 10.8. The van der Waals surface area contributed by atoms with Crippen molar-refractivity contribution in [1.29, 1.82) is 0 Å². The lowest BCUT2D eigenvalue weighted by Crippen LogP contribution is -2.40. The molecule has 0 saturated carbocycles. The number of methoxy groups -OCH3 is 1. The Labute approximate surface area is 132 Å². The second kappa shape index (κ2) is 9.43. The molecule has 1 amide bonds. The van der Waals surface area contributed by atoms with Gasteiger partial charge in [0.15, 0.2) is 0 Å². The molecule has 1 aromatic carbocycles. The van der Waals surface area contributed by atoms with E-state index < -0.39 is 0 Å². The van der Waals surface area contributed by atoms with E-state index in [-0.39, 0.29) is 11.8 Å². The van der Waals surface area contributed by atoms with E-state index in [1.165, 1.54) is 0 Å². The van der Waals surface area contributed by atoms with Gasteiger partial charge in [0.2, 0.25) is 5.91 Å². The Hall–Kier alpha value is -1.59. The monoisotopic (exact) mass is 306 g/mol. The molecule has 1 aliphatic rings. The van der Waals surface area contributed by atoms with Crippen LogP contribution < -0.4 is 15.4 Å². The molecule has 0 spiro atoms. The topological polar surface area (TPSA) is 59.6 Å². The maximum atomic E-state index is 12.2. The Balaban J connectivity index is 1.82. The molecule has 122 valence electrons. The van der Waals surface area contributed by atoms with Crippen LogP contribution in [0.3, 0.4) is 0 Å². The summed E-state index contributed by atoms with van der Waals surface area (Å²) in [5.74, 6) is 1.05. The number of piperidine rings is 1. The average Bonchev–Trinajstić information content (AvgIpc) is 2.58. The zero-order valence-corrected chi connectivity index (χ0v) is 13.3. The van der Waals surface area contributed by atoms with Crippen LogP contribution in [0, 0.1) is 5.92 Å². The van der Waals surface area contributed by atoms with Crippen LogP contribution in [0.25, 0.3) is 0 Å². The third-order valence-corrected chi connectivity index (χ3v) is 3.84. The molecule has 2 N–H and O–H groups in total. The standard InChI is InChI=1S/C17H26N2O3/c1-21-10-5-11-22-16-8-3-2-6-14(16)13-19-17(20)15-7-4-9-18-12-15/h2-3,6,8,15,18H,4-5,7,9-13H2,1H3,(H,19,20). The second-order valence-corrected chi connectivity index (χ2v) is 5.56. The first-order valence-electron chi connectivity index (χ1n) is 7.99. The highest BCUT2D eigenvalue weighted by Gasteiger charge is 2.20. The maximum absolute atomic E-state index is 12.2. The van der Waals surface area contributed by atoms with Gasteiger partial charge < -0.3 is 20.1 Å². The zero-order valence-electron chi connectivity index (χ0n) is 13.3. The predicted octanol–water partition coefficient (Wildman–Crippen LogP) is 1.72. The highest BCUT2D eigenvalue weighted by molar-refractivity contribution is 5.79. The van der Waals surface area contributed by atoms with E-state index in [1.807, 2.05) is 24.3 Å². The lowest BCUT2D eigenvalue weighted by molar-refractivity contribution is -0.125. The first kappa shape index (κ1) is 16.8. The molecule has 2 rings (SSSR count). The Morgan fingerprint density at radius 1 is 1.36 bits per heavy atom. The van der Waals surface area contributed by atoms with Crippen molar-refractivity contribution in [3.8, 4) is 5.75 Å². The number of carbonyl (C=O) groups is 1. The van der Waals surface area contributed by atoms with Gasteiger partial charge in [-0.05, 0) is 25.5 Å². The minimum absolute atomic E-state index is 0.0866. The second-order valence-electron chi connectivity index (χ2n) is 5.56. The number of nitrogens with one attached hydrogen (secondary N) is 2. The van der Waals surface area contributed by atoms with Crippen LogP contribution in [0.1, 0.15) is 24.8 Å². The summed E-state index contributed by atoms with van der Waals surface area (Å²) in [6.07, 6.45) is 2.89. The maximum Gasteiger partial charge on any atom is 0.224 e. The molecule has 1 fully saturated rings. The van der Waals surface area contributed by atoms with Crippen molar-refractivity contribution in [3.63, 3.8) is 0 Å². The van der Waals surface area contributed by atoms with E-state index in [0.29, 0.717) is 19.8 Å². The molecule has 1 aliphatic heterocycles. The third kappa shape index (κ3) is 5.31. The first-order valence-corrected chi connectivity index (χ1v) is 7.99. The van der Waals surface area contributed by atoms with Gasteiger partial charge in [-0.2, -0.15) is 0 Å². The van der Waals surface area contributed by atoms with Crippen molar-refractivity contribution in [2.45, 2.75) is 25.8 Å². The van der Waals surface area contributed by atoms with Gasteiger partial charge in [-0.15, -0.1) is 0 Å². The van der Waals surface area contributed by atoms with Crippen LogP contribution in [0.2, 0.25) is 0 Å². The summed E-state index contributed by atoms with van der Waals surface area (Å²) in [6.45, 7) is 3.61. The molecule has 0 bridgehead atoms. The van der Waals surface area contributed by atoms with Crippen LogP contribution in [0.5, 0.6) is 5.75 Å². The summed E-state index contributed by atoms with van der Waals surface area (Å²) in [5, 5.41) is 6.29. The molecule has 1 aromatic rings. The number of carbonyl (C=O) groups excluding carboxylic acids is 1. The number of hydrogen-bond acceptors (Lipinski definition) is 4. The molecule has 5 nitrogen and oxygen atoms in total. The van der Waals surface area contributed by atoms with Gasteiger partial charge in [-0.25, -0.2) is 0 Å². The lowest BCUT2D eigenvalue weighted by Gasteiger charge is -2.22. The summed E-state index contributed by atoms with van der Waals surface area (Å²) < 4.78 is 10.8.